The third kappa shape index (κ3) is 2.50. The largest absolute Gasteiger partial charge is 0.507 e. The Hall–Kier alpha value is -2.99. The van der Waals surface area contributed by atoms with Crippen LogP contribution in [0.5, 0.6) is 5.75 Å². The number of benzene rings is 2. The number of phenols is 1. The van der Waals surface area contributed by atoms with Gasteiger partial charge in [0.25, 0.3) is 5.56 Å². The van der Waals surface area contributed by atoms with Crippen molar-refractivity contribution >= 4 is 38.5 Å². The highest BCUT2D eigenvalue weighted by atomic mass is 32.1. The van der Waals surface area contributed by atoms with Crippen LogP contribution < -0.4 is 5.56 Å². The fraction of sp³-hybridized carbons (Fsp3) is 0.150. The first-order valence-electron chi connectivity index (χ1n) is 8.22. The highest BCUT2D eigenvalue weighted by molar-refractivity contribution is 7.18. The van der Waals surface area contributed by atoms with Crippen molar-refractivity contribution in [2.45, 2.75) is 20.8 Å². The molecule has 0 radical (unpaired) electrons. The molecule has 0 aliphatic heterocycles. The first-order valence-corrected chi connectivity index (χ1v) is 9.03. The third-order valence-corrected chi connectivity index (χ3v) is 5.69. The van der Waals surface area contributed by atoms with E-state index in [0.29, 0.717) is 16.8 Å². The summed E-state index contributed by atoms with van der Waals surface area (Å²) in [6.45, 7) is 5.67. The molecule has 0 unspecified atom stereocenters. The number of thiophene rings is 1. The van der Waals surface area contributed by atoms with Gasteiger partial charge in [-0.2, -0.15) is 9.78 Å². The van der Waals surface area contributed by atoms with E-state index < -0.39 is 0 Å². The molecule has 0 saturated heterocycles. The fourth-order valence-electron chi connectivity index (χ4n) is 3.06. The standard InChI is InChI=1S/C20H17N3O2S/c1-11-12(2)26-19-18(11)20(25)23(13(3)22-19)21-10-16-15-7-5-4-6-14(15)8-9-17(16)24/h4-10,24H,1-3H3. The molecular weight excluding hydrogens is 346 g/mol. The first-order chi connectivity index (χ1) is 12.5. The zero-order chi connectivity index (χ0) is 18.4. The molecule has 130 valence electrons. The lowest BCUT2D eigenvalue weighted by Crippen LogP contribution is -2.20. The molecular formula is C20H17N3O2S. The van der Waals surface area contributed by atoms with Crippen molar-refractivity contribution in [1.29, 1.82) is 0 Å². The zero-order valence-corrected chi connectivity index (χ0v) is 15.5. The number of hydrogen-bond donors (Lipinski definition) is 1. The van der Waals surface area contributed by atoms with Crippen LogP contribution in [0.1, 0.15) is 21.8 Å². The number of hydrogen-bond acceptors (Lipinski definition) is 5. The molecule has 4 rings (SSSR count). The second kappa shape index (κ2) is 6.07. The van der Waals surface area contributed by atoms with Crippen LogP contribution in [0, 0.1) is 20.8 Å². The average molecular weight is 363 g/mol. The maximum absolute atomic E-state index is 12.9. The number of aromatic hydroxyl groups is 1. The van der Waals surface area contributed by atoms with Crippen LogP contribution in [0.2, 0.25) is 0 Å². The Morgan fingerprint density at radius 2 is 1.92 bits per heavy atom. The van der Waals surface area contributed by atoms with Gasteiger partial charge < -0.3 is 5.11 Å². The van der Waals surface area contributed by atoms with Gasteiger partial charge in [-0.1, -0.05) is 30.3 Å². The summed E-state index contributed by atoms with van der Waals surface area (Å²) in [5, 5.41) is 17.1. The van der Waals surface area contributed by atoms with Crippen molar-refractivity contribution in [1.82, 2.24) is 9.66 Å². The molecule has 0 saturated carbocycles. The molecule has 6 heteroatoms. The maximum atomic E-state index is 12.9. The summed E-state index contributed by atoms with van der Waals surface area (Å²) >= 11 is 1.52. The molecule has 0 aliphatic carbocycles. The Labute approximate surface area is 153 Å². The Kier molecular flexibility index (Phi) is 3.85. The van der Waals surface area contributed by atoms with E-state index in [1.807, 2.05) is 44.2 Å². The predicted molar refractivity (Wildman–Crippen MR) is 107 cm³/mol. The van der Waals surface area contributed by atoms with E-state index in [9.17, 15) is 9.90 Å². The van der Waals surface area contributed by atoms with Crippen molar-refractivity contribution in [3.63, 3.8) is 0 Å². The molecule has 0 spiro atoms. The van der Waals surface area contributed by atoms with Crippen molar-refractivity contribution in [3.8, 4) is 5.75 Å². The number of aromatic nitrogens is 2. The second-order valence-electron chi connectivity index (χ2n) is 6.20. The van der Waals surface area contributed by atoms with E-state index >= 15 is 0 Å². The normalized spacial score (nSPS) is 11.8. The number of phenolic OH excluding ortho intramolecular Hbond substituents is 1. The minimum absolute atomic E-state index is 0.120. The zero-order valence-electron chi connectivity index (χ0n) is 14.6. The smallest absolute Gasteiger partial charge is 0.283 e. The Balaban J connectivity index is 1.92. The molecule has 1 N–H and O–H groups in total. The minimum atomic E-state index is -0.190. The SMILES string of the molecule is Cc1sc2nc(C)n(N=Cc3c(O)ccc4ccccc34)c(=O)c2c1C. The quantitative estimate of drug-likeness (QED) is 0.545. The van der Waals surface area contributed by atoms with Gasteiger partial charge in [-0.15, -0.1) is 11.3 Å². The molecule has 0 fully saturated rings. The van der Waals surface area contributed by atoms with E-state index in [2.05, 4.69) is 10.1 Å². The summed E-state index contributed by atoms with van der Waals surface area (Å²) in [5.41, 5.74) is 1.33. The lowest BCUT2D eigenvalue weighted by molar-refractivity contribution is 0.475. The summed E-state index contributed by atoms with van der Waals surface area (Å²) in [7, 11) is 0. The fourth-order valence-corrected chi connectivity index (χ4v) is 4.12. The summed E-state index contributed by atoms with van der Waals surface area (Å²) < 4.78 is 1.29. The highest BCUT2D eigenvalue weighted by Crippen LogP contribution is 2.27. The molecule has 0 amide bonds. The van der Waals surface area contributed by atoms with Gasteiger partial charge in [0.1, 0.15) is 16.4 Å². The summed E-state index contributed by atoms with van der Waals surface area (Å²) in [4.78, 5) is 19.2. The predicted octanol–water partition coefficient (Wildman–Crippen LogP) is 4.12. The molecule has 26 heavy (non-hydrogen) atoms. The number of nitrogens with zero attached hydrogens (tertiary/aromatic N) is 3. The molecule has 2 aromatic carbocycles. The molecule has 0 aliphatic rings. The number of aryl methyl sites for hydroxylation is 3. The van der Waals surface area contributed by atoms with Crippen LogP contribution in [0.4, 0.5) is 0 Å². The van der Waals surface area contributed by atoms with Gasteiger partial charge in [0, 0.05) is 10.4 Å². The van der Waals surface area contributed by atoms with Crippen LogP contribution >= 0.6 is 11.3 Å². The van der Waals surface area contributed by atoms with Crippen molar-refractivity contribution in [2.24, 2.45) is 5.10 Å². The molecule has 2 aromatic heterocycles. The van der Waals surface area contributed by atoms with Gasteiger partial charge in [0.2, 0.25) is 0 Å². The van der Waals surface area contributed by atoms with E-state index in [-0.39, 0.29) is 11.3 Å². The topological polar surface area (TPSA) is 67.5 Å². The van der Waals surface area contributed by atoms with E-state index in [1.165, 1.54) is 22.2 Å². The monoisotopic (exact) mass is 363 g/mol. The first kappa shape index (κ1) is 16.5. The molecule has 5 nitrogen and oxygen atoms in total. The third-order valence-electron chi connectivity index (χ3n) is 4.59. The lowest BCUT2D eigenvalue weighted by atomic mass is 10.0. The highest BCUT2D eigenvalue weighted by Gasteiger charge is 2.14. The van der Waals surface area contributed by atoms with Gasteiger partial charge in [0.05, 0.1) is 11.6 Å². The van der Waals surface area contributed by atoms with Crippen LogP contribution in [-0.4, -0.2) is 21.0 Å². The van der Waals surface area contributed by atoms with Crippen LogP contribution in [-0.2, 0) is 0 Å². The molecule has 0 atom stereocenters. The Morgan fingerprint density at radius 3 is 2.73 bits per heavy atom. The van der Waals surface area contributed by atoms with Crippen LogP contribution in [0.3, 0.4) is 0 Å². The summed E-state index contributed by atoms with van der Waals surface area (Å²) in [6, 6.07) is 11.2. The van der Waals surface area contributed by atoms with Crippen LogP contribution in [0.15, 0.2) is 46.3 Å². The summed E-state index contributed by atoms with van der Waals surface area (Å²) in [5.74, 6) is 0.634. The number of fused-ring (bicyclic) bond motifs is 2. The molecule has 4 aromatic rings. The summed E-state index contributed by atoms with van der Waals surface area (Å²) in [6.07, 6.45) is 1.52. The molecule has 0 bridgehead atoms. The van der Waals surface area contributed by atoms with Gasteiger partial charge in [-0.25, -0.2) is 4.98 Å². The average Bonchev–Trinajstić information content (AvgIpc) is 2.90. The van der Waals surface area contributed by atoms with Gasteiger partial charge >= 0.3 is 0 Å². The van der Waals surface area contributed by atoms with Crippen molar-refractivity contribution in [3.05, 3.63) is 68.6 Å². The van der Waals surface area contributed by atoms with E-state index in [1.54, 1.807) is 13.0 Å². The number of rotatable bonds is 2. The Bertz CT molecular complexity index is 1250. The van der Waals surface area contributed by atoms with Gasteiger partial charge in [0.15, 0.2) is 0 Å². The minimum Gasteiger partial charge on any atom is -0.507 e. The Morgan fingerprint density at radius 1 is 1.15 bits per heavy atom. The van der Waals surface area contributed by atoms with E-state index in [4.69, 9.17) is 0 Å². The lowest BCUT2D eigenvalue weighted by Gasteiger charge is -2.06. The van der Waals surface area contributed by atoms with E-state index in [0.717, 1.165) is 26.0 Å². The van der Waals surface area contributed by atoms with Crippen molar-refractivity contribution < 1.29 is 5.11 Å². The van der Waals surface area contributed by atoms with Gasteiger partial charge in [-0.05, 0) is 43.2 Å². The van der Waals surface area contributed by atoms with Crippen LogP contribution in [0.25, 0.3) is 21.0 Å². The van der Waals surface area contributed by atoms with Gasteiger partial charge in [-0.3, -0.25) is 4.79 Å². The molecule has 2 heterocycles. The second-order valence-corrected chi connectivity index (χ2v) is 7.41. The maximum Gasteiger partial charge on any atom is 0.283 e. The van der Waals surface area contributed by atoms with Crippen molar-refractivity contribution in [2.75, 3.05) is 0 Å².